The molecule has 5 rings (SSSR count). The van der Waals surface area contributed by atoms with E-state index in [1.807, 2.05) is 60.8 Å². The number of amides is 2. The molecule has 2 aliphatic carbocycles. The van der Waals surface area contributed by atoms with Crippen molar-refractivity contribution in [3.05, 3.63) is 72.1 Å². The zero-order valence-electron chi connectivity index (χ0n) is 20.8. The van der Waals surface area contributed by atoms with Crippen LogP contribution in [0, 0.1) is 5.92 Å². The zero-order chi connectivity index (χ0) is 25.5. The largest absolute Gasteiger partial charge is 0.477 e. The van der Waals surface area contributed by atoms with Gasteiger partial charge in [-0.25, -0.2) is 4.98 Å². The number of anilines is 1. The highest BCUT2D eigenvalue weighted by atomic mass is 16.5. The van der Waals surface area contributed by atoms with Gasteiger partial charge in [0, 0.05) is 42.0 Å². The molecule has 0 atom stereocenters. The normalized spacial score (nSPS) is 14.8. The molecule has 0 aliphatic heterocycles. The summed E-state index contributed by atoms with van der Waals surface area (Å²) >= 11 is 0. The van der Waals surface area contributed by atoms with Crippen molar-refractivity contribution in [3.63, 3.8) is 0 Å². The van der Waals surface area contributed by atoms with E-state index < -0.39 is 0 Å². The van der Waals surface area contributed by atoms with Crippen LogP contribution in [-0.2, 0) is 22.7 Å². The highest BCUT2D eigenvalue weighted by Gasteiger charge is 2.22. The molecular weight excluding hydrogens is 468 g/mol. The lowest BCUT2D eigenvalue weighted by molar-refractivity contribution is -0.122. The summed E-state index contributed by atoms with van der Waals surface area (Å²) in [6.45, 7) is 2.16. The van der Waals surface area contributed by atoms with Crippen molar-refractivity contribution in [2.24, 2.45) is 5.92 Å². The minimum absolute atomic E-state index is 0.108. The van der Waals surface area contributed by atoms with Gasteiger partial charge in [0.2, 0.25) is 11.8 Å². The number of aromatic nitrogens is 3. The summed E-state index contributed by atoms with van der Waals surface area (Å²) in [4.78, 5) is 29.0. The zero-order valence-corrected chi connectivity index (χ0v) is 20.8. The highest BCUT2D eigenvalue weighted by molar-refractivity contribution is 5.96. The molecule has 2 aliphatic rings. The summed E-state index contributed by atoms with van der Waals surface area (Å²) < 4.78 is 7.40. The van der Waals surface area contributed by atoms with Crippen LogP contribution in [0.4, 0.5) is 5.69 Å². The van der Waals surface area contributed by atoms with Crippen molar-refractivity contribution in [2.45, 2.75) is 38.8 Å². The number of carbonyl (C=O) groups excluding carboxylic acids is 2. The van der Waals surface area contributed by atoms with Gasteiger partial charge in [0.05, 0.1) is 24.4 Å². The lowest BCUT2D eigenvalue weighted by Crippen LogP contribution is -2.36. The molecule has 2 heterocycles. The number of nitrogens with zero attached hydrogens (tertiary/aromatic N) is 3. The Morgan fingerprint density at radius 2 is 1.97 bits per heavy atom. The number of carbonyl (C=O) groups is 2. The molecule has 1 saturated carbocycles. The van der Waals surface area contributed by atoms with E-state index in [4.69, 9.17) is 4.74 Å². The van der Waals surface area contributed by atoms with Crippen LogP contribution in [0.2, 0.25) is 0 Å². The maximum absolute atomic E-state index is 12.3. The molecule has 2 aromatic heterocycles. The number of hydrogen-bond acceptors (Lipinski definition) is 6. The number of benzene rings is 1. The van der Waals surface area contributed by atoms with Gasteiger partial charge in [-0.3, -0.25) is 14.3 Å². The average molecular weight is 501 g/mol. The van der Waals surface area contributed by atoms with Gasteiger partial charge in [-0.1, -0.05) is 24.3 Å². The van der Waals surface area contributed by atoms with Crippen LogP contribution < -0.4 is 20.7 Å². The highest BCUT2D eigenvalue weighted by Crippen LogP contribution is 2.29. The Kier molecular flexibility index (Phi) is 7.78. The van der Waals surface area contributed by atoms with Crippen LogP contribution in [-0.4, -0.2) is 46.3 Å². The Bertz CT molecular complexity index is 1320. The number of allylic oxidation sites excluding steroid dienone is 2. The van der Waals surface area contributed by atoms with E-state index in [1.54, 1.807) is 4.68 Å². The van der Waals surface area contributed by atoms with Crippen LogP contribution in [0.3, 0.4) is 0 Å². The smallest absolute Gasteiger partial charge is 0.251 e. The molecule has 1 aromatic carbocycles. The van der Waals surface area contributed by atoms with Crippen molar-refractivity contribution in [2.75, 3.05) is 25.0 Å². The number of rotatable bonds is 12. The van der Waals surface area contributed by atoms with Crippen molar-refractivity contribution >= 4 is 28.4 Å². The maximum Gasteiger partial charge on any atom is 0.251 e. The Labute approximate surface area is 216 Å². The molecule has 9 nitrogen and oxygen atoms in total. The molecule has 37 heavy (non-hydrogen) atoms. The van der Waals surface area contributed by atoms with Crippen LogP contribution in [0.5, 0.6) is 5.88 Å². The number of pyridine rings is 1. The number of hydrogen-bond donors (Lipinski definition) is 3. The summed E-state index contributed by atoms with van der Waals surface area (Å²) in [7, 11) is 0. The van der Waals surface area contributed by atoms with Crippen LogP contribution in [0.15, 0.2) is 66.4 Å². The molecular formula is C28H32N6O3. The SMILES string of the molecule is O=C(Cn1cc2cc(NCc3cccc(OCC4CC4)n3)ccc2n1)NCCNC(=O)C1=CCCC=C1. The first-order valence-corrected chi connectivity index (χ1v) is 12.8. The van der Waals surface area contributed by atoms with Gasteiger partial charge in [0.25, 0.3) is 5.91 Å². The second-order valence-electron chi connectivity index (χ2n) is 9.42. The standard InChI is InChI=1S/C28H32N6O3/c35-26(29-13-14-30-28(36)21-5-2-1-3-6-21)18-34-17-22-15-23(11-12-25(22)33-34)31-16-24-7-4-8-27(32-24)37-19-20-9-10-20/h2,4-8,11-12,15,17,20,31H,1,3,9-10,13-14,16,18-19H2,(H,29,35)(H,30,36). The summed E-state index contributed by atoms with van der Waals surface area (Å²) in [5.41, 5.74) is 3.34. The van der Waals surface area contributed by atoms with E-state index in [9.17, 15) is 9.59 Å². The van der Waals surface area contributed by atoms with E-state index in [2.05, 4.69) is 26.0 Å². The Hall–Kier alpha value is -4.14. The molecule has 0 unspecified atom stereocenters. The minimum Gasteiger partial charge on any atom is -0.477 e. The van der Waals surface area contributed by atoms with Crippen molar-refractivity contribution in [1.82, 2.24) is 25.4 Å². The molecule has 1 fully saturated rings. The summed E-state index contributed by atoms with van der Waals surface area (Å²) in [6, 6.07) is 11.7. The first-order chi connectivity index (χ1) is 18.1. The van der Waals surface area contributed by atoms with E-state index in [0.29, 0.717) is 37.0 Å². The fourth-order valence-electron chi connectivity index (χ4n) is 4.05. The third kappa shape index (κ3) is 7.19. The van der Waals surface area contributed by atoms with Gasteiger partial charge < -0.3 is 20.7 Å². The van der Waals surface area contributed by atoms with E-state index in [1.165, 1.54) is 12.8 Å². The van der Waals surface area contributed by atoms with E-state index >= 15 is 0 Å². The van der Waals surface area contributed by atoms with Gasteiger partial charge in [-0.05, 0) is 55.9 Å². The Balaban J connectivity index is 1.07. The monoisotopic (exact) mass is 500 g/mol. The van der Waals surface area contributed by atoms with Crippen molar-refractivity contribution in [3.8, 4) is 5.88 Å². The average Bonchev–Trinajstić information content (AvgIpc) is 3.67. The number of nitrogens with one attached hydrogen (secondary N) is 3. The molecule has 2 amide bonds. The quantitative estimate of drug-likeness (QED) is 0.329. The topological polar surface area (TPSA) is 110 Å². The lowest BCUT2D eigenvalue weighted by Gasteiger charge is -2.09. The Morgan fingerprint density at radius 3 is 2.81 bits per heavy atom. The predicted octanol–water partition coefficient (Wildman–Crippen LogP) is 3.34. The van der Waals surface area contributed by atoms with Crippen molar-refractivity contribution < 1.29 is 14.3 Å². The van der Waals surface area contributed by atoms with Gasteiger partial charge in [-0.2, -0.15) is 5.10 Å². The predicted molar refractivity (Wildman–Crippen MR) is 142 cm³/mol. The fourth-order valence-corrected chi connectivity index (χ4v) is 4.05. The Morgan fingerprint density at radius 1 is 1.08 bits per heavy atom. The fraction of sp³-hybridized carbons (Fsp3) is 0.357. The van der Waals surface area contributed by atoms with Gasteiger partial charge in [-0.15, -0.1) is 0 Å². The first kappa shape index (κ1) is 24.5. The van der Waals surface area contributed by atoms with E-state index in [-0.39, 0.29) is 18.4 Å². The minimum atomic E-state index is -0.160. The van der Waals surface area contributed by atoms with Gasteiger partial charge in [0.15, 0.2) is 0 Å². The third-order valence-corrected chi connectivity index (χ3v) is 6.27. The molecule has 0 saturated heterocycles. The van der Waals surface area contributed by atoms with Crippen molar-refractivity contribution in [1.29, 1.82) is 0 Å². The number of ether oxygens (including phenoxy) is 1. The third-order valence-electron chi connectivity index (χ3n) is 6.27. The molecule has 192 valence electrons. The van der Waals surface area contributed by atoms with Gasteiger partial charge >= 0.3 is 0 Å². The maximum atomic E-state index is 12.3. The second-order valence-corrected chi connectivity index (χ2v) is 9.42. The molecule has 0 spiro atoms. The molecule has 9 heteroatoms. The molecule has 0 radical (unpaired) electrons. The second kappa shape index (κ2) is 11.7. The molecule has 0 bridgehead atoms. The summed E-state index contributed by atoms with van der Waals surface area (Å²) in [5, 5.41) is 14.5. The van der Waals surface area contributed by atoms with Crippen LogP contribution >= 0.6 is 0 Å². The first-order valence-electron chi connectivity index (χ1n) is 12.8. The summed E-state index contributed by atoms with van der Waals surface area (Å²) in [5.74, 6) is 1.09. The summed E-state index contributed by atoms with van der Waals surface area (Å²) in [6.07, 6.45) is 12.0. The van der Waals surface area contributed by atoms with E-state index in [0.717, 1.165) is 41.7 Å². The molecule has 3 aromatic rings. The lowest BCUT2D eigenvalue weighted by atomic mass is 10.1. The number of fused-ring (bicyclic) bond motifs is 1. The van der Waals surface area contributed by atoms with Crippen LogP contribution in [0.1, 0.15) is 31.4 Å². The van der Waals surface area contributed by atoms with Crippen LogP contribution in [0.25, 0.3) is 10.9 Å². The van der Waals surface area contributed by atoms with Gasteiger partial charge in [0.1, 0.15) is 6.54 Å². The molecule has 3 N–H and O–H groups in total.